The van der Waals surface area contributed by atoms with Gasteiger partial charge in [-0.25, -0.2) is 0 Å². The summed E-state index contributed by atoms with van der Waals surface area (Å²) in [6.45, 7) is 4.22. The second-order valence-electron chi connectivity index (χ2n) is 8.92. The number of hydrogen-bond donors (Lipinski definition) is 1. The number of benzene rings is 3. The number of carbonyl (C=O) groups is 1. The normalized spacial score (nSPS) is 22.2. The Morgan fingerprint density at radius 2 is 1.75 bits per heavy atom. The van der Waals surface area contributed by atoms with Gasteiger partial charge >= 0.3 is 0 Å². The molecule has 0 amide bonds. The Morgan fingerprint density at radius 3 is 2.53 bits per heavy atom. The highest BCUT2D eigenvalue weighted by Gasteiger charge is 2.42. The summed E-state index contributed by atoms with van der Waals surface area (Å²) in [5, 5.41) is 3.69. The number of ketones is 1. The number of Topliss-reactive ketones (excluding diaryl/α,β-unsaturated/α-hetero) is 1. The highest BCUT2D eigenvalue weighted by Crippen LogP contribution is 2.44. The summed E-state index contributed by atoms with van der Waals surface area (Å²) in [6, 6.07) is 22.5. The smallest absolute Gasteiger partial charge is 0.144 e. The molecule has 3 atom stereocenters. The third-order valence-electron chi connectivity index (χ3n) is 6.78. The van der Waals surface area contributed by atoms with Crippen molar-refractivity contribution >= 4 is 22.9 Å². The van der Waals surface area contributed by atoms with Crippen LogP contribution in [0.2, 0.25) is 0 Å². The lowest BCUT2D eigenvalue weighted by molar-refractivity contribution is -0.122. The van der Waals surface area contributed by atoms with Crippen LogP contribution >= 0.6 is 0 Å². The van der Waals surface area contributed by atoms with Crippen molar-refractivity contribution in [2.24, 2.45) is 10.9 Å². The highest BCUT2D eigenvalue weighted by atomic mass is 16.5. The molecule has 0 saturated heterocycles. The van der Waals surface area contributed by atoms with Gasteiger partial charge in [-0.2, -0.15) is 0 Å². The fourth-order valence-electron chi connectivity index (χ4n) is 5.06. The SMILES string of the molecule is COc1ccc(C2CC(=O)C3C(=Nc4ccccc4NC3c3cc(C)ccc3C)C2)cc1. The zero-order valence-electron chi connectivity index (χ0n) is 18.8. The highest BCUT2D eigenvalue weighted by molar-refractivity contribution is 6.11. The summed E-state index contributed by atoms with van der Waals surface area (Å²) in [4.78, 5) is 18.7. The first-order valence-corrected chi connectivity index (χ1v) is 11.2. The van der Waals surface area contributed by atoms with Gasteiger partial charge < -0.3 is 10.1 Å². The number of anilines is 1. The largest absolute Gasteiger partial charge is 0.497 e. The second-order valence-corrected chi connectivity index (χ2v) is 8.92. The maximum Gasteiger partial charge on any atom is 0.144 e. The van der Waals surface area contributed by atoms with E-state index < -0.39 is 0 Å². The number of ether oxygens (including phenoxy) is 1. The monoisotopic (exact) mass is 424 g/mol. The molecule has 162 valence electrons. The number of aryl methyl sites for hydroxylation is 2. The molecule has 3 unspecified atom stereocenters. The van der Waals surface area contributed by atoms with Crippen molar-refractivity contribution in [3.8, 4) is 5.75 Å². The van der Waals surface area contributed by atoms with Crippen LogP contribution in [0, 0.1) is 19.8 Å². The molecule has 1 saturated carbocycles. The molecule has 4 nitrogen and oxygen atoms in total. The minimum atomic E-state index is -0.266. The van der Waals surface area contributed by atoms with Gasteiger partial charge in [0.1, 0.15) is 11.5 Å². The van der Waals surface area contributed by atoms with Crippen molar-refractivity contribution < 1.29 is 9.53 Å². The topological polar surface area (TPSA) is 50.7 Å². The molecule has 0 bridgehead atoms. The number of carbonyl (C=O) groups excluding carboxylic acids is 1. The number of nitrogens with zero attached hydrogens (tertiary/aromatic N) is 1. The predicted molar refractivity (Wildman–Crippen MR) is 129 cm³/mol. The molecular formula is C28H28N2O2. The molecule has 4 heteroatoms. The fourth-order valence-corrected chi connectivity index (χ4v) is 5.06. The number of aliphatic imine (C=N–C) groups is 1. The van der Waals surface area contributed by atoms with Gasteiger partial charge in [-0.3, -0.25) is 9.79 Å². The lowest BCUT2D eigenvalue weighted by Gasteiger charge is -2.34. The van der Waals surface area contributed by atoms with E-state index in [0.29, 0.717) is 6.42 Å². The molecule has 5 rings (SSSR count). The maximum absolute atomic E-state index is 13.7. The molecular weight excluding hydrogens is 396 g/mol. The van der Waals surface area contributed by atoms with Gasteiger partial charge in [-0.15, -0.1) is 0 Å². The van der Waals surface area contributed by atoms with Gasteiger partial charge in [0.05, 0.1) is 30.4 Å². The van der Waals surface area contributed by atoms with E-state index >= 15 is 0 Å². The van der Waals surface area contributed by atoms with Crippen LogP contribution in [0.1, 0.15) is 47.1 Å². The minimum Gasteiger partial charge on any atom is -0.497 e. The lowest BCUT2D eigenvalue weighted by Crippen LogP contribution is -2.39. The molecule has 3 aromatic carbocycles. The van der Waals surface area contributed by atoms with Crippen LogP contribution in [0.25, 0.3) is 0 Å². The third-order valence-corrected chi connectivity index (χ3v) is 6.78. The standard InChI is InChI=1S/C28H28N2O2/c1-17-8-9-18(2)22(14-17)28-27-25(29-23-6-4-5-7-24(23)30-28)15-20(16-26(27)31)19-10-12-21(32-3)13-11-19/h4-14,20,27-28,30H,15-16H2,1-3H3. The summed E-state index contributed by atoms with van der Waals surface area (Å²) in [6.07, 6.45) is 1.30. The zero-order chi connectivity index (χ0) is 22.2. The van der Waals surface area contributed by atoms with Crippen LogP contribution in [0.3, 0.4) is 0 Å². The van der Waals surface area contributed by atoms with Crippen LogP contribution in [0.4, 0.5) is 11.4 Å². The Labute approximate surface area is 189 Å². The third kappa shape index (κ3) is 3.70. The van der Waals surface area contributed by atoms with E-state index in [1.807, 2.05) is 30.3 Å². The van der Waals surface area contributed by atoms with E-state index in [9.17, 15) is 4.79 Å². The van der Waals surface area contributed by atoms with Gasteiger partial charge in [-0.1, -0.05) is 48.0 Å². The summed E-state index contributed by atoms with van der Waals surface area (Å²) >= 11 is 0. The van der Waals surface area contributed by atoms with E-state index in [1.165, 1.54) is 16.7 Å². The maximum atomic E-state index is 13.7. The minimum absolute atomic E-state index is 0.124. The van der Waals surface area contributed by atoms with Gasteiger partial charge in [-0.05, 0) is 67.1 Å². The van der Waals surface area contributed by atoms with Crippen molar-refractivity contribution in [2.45, 2.75) is 38.6 Å². The Hall–Kier alpha value is -3.40. The molecule has 32 heavy (non-hydrogen) atoms. The number of fused-ring (bicyclic) bond motifs is 2. The van der Waals surface area contributed by atoms with Crippen molar-refractivity contribution in [1.82, 2.24) is 0 Å². The Kier molecular flexibility index (Phi) is 5.30. The first kappa shape index (κ1) is 20.5. The predicted octanol–water partition coefficient (Wildman–Crippen LogP) is 6.31. The Morgan fingerprint density at radius 1 is 0.969 bits per heavy atom. The first-order chi connectivity index (χ1) is 15.5. The van der Waals surface area contributed by atoms with E-state index in [1.54, 1.807) is 7.11 Å². The molecule has 1 aliphatic carbocycles. The summed E-state index contributed by atoms with van der Waals surface area (Å²) in [5.74, 6) is 0.945. The van der Waals surface area contributed by atoms with Crippen molar-refractivity contribution in [3.63, 3.8) is 0 Å². The fraction of sp³-hybridized carbons (Fsp3) is 0.286. The van der Waals surface area contributed by atoms with Crippen LogP contribution < -0.4 is 10.1 Å². The zero-order valence-corrected chi connectivity index (χ0v) is 18.8. The quantitative estimate of drug-likeness (QED) is 0.536. The summed E-state index contributed by atoms with van der Waals surface area (Å²) in [5.41, 5.74) is 7.59. The van der Waals surface area contributed by atoms with Gasteiger partial charge in [0.25, 0.3) is 0 Å². The molecule has 1 fully saturated rings. The molecule has 0 spiro atoms. The molecule has 3 aromatic rings. The van der Waals surface area contributed by atoms with E-state index in [-0.39, 0.29) is 23.7 Å². The Bertz CT molecular complexity index is 1200. The van der Waals surface area contributed by atoms with Crippen molar-refractivity contribution in [3.05, 3.63) is 89.0 Å². The molecule has 1 aliphatic heterocycles. The molecule has 1 heterocycles. The lowest BCUT2D eigenvalue weighted by atomic mass is 9.72. The van der Waals surface area contributed by atoms with Crippen molar-refractivity contribution in [1.29, 1.82) is 0 Å². The average Bonchev–Trinajstić information content (AvgIpc) is 2.97. The average molecular weight is 425 g/mol. The van der Waals surface area contributed by atoms with E-state index in [0.717, 1.165) is 34.8 Å². The summed E-state index contributed by atoms with van der Waals surface area (Å²) in [7, 11) is 1.67. The van der Waals surface area contributed by atoms with Crippen LogP contribution in [-0.2, 0) is 4.79 Å². The number of hydrogen-bond acceptors (Lipinski definition) is 4. The van der Waals surface area contributed by atoms with Crippen LogP contribution in [0.5, 0.6) is 5.75 Å². The van der Waals surface area contributed by atoms with Gasteiger partial charge in [0, 0.05) is 12.1 Å². The van der Waals surface area contributed by atoms with Crippen LogP contribution in [0.15, 0.2) is 71.7 Å². The number of methoxy groups -OCH3 is 1. The van der Waals surface area contributed by atoms with Crippen molar-refractivity contribution in [2.75, 3.05) is 12.4 Å². The Balaban J connectivity index is 1.59. The molecule has 2 aliphatic rings. The van der Waals surface area contributed by atoms with Crippen LogP contribution in [-0.4, -0.2) is 18.6 Å². The first-order valence-electron chi connectivity index (χ1n) is 11.2. The van der Waals surface area contributed by atoms with E-state index in [2.05, 4.69) is 55.6 Å². The molecule has 1 N–H and O–H groups in total. The number of para-hydroxylation sites is 2. The van der Waals surface area contributed by atoms with Gasteiger partial charge in [0.15, 0.2) is 0 Å². The number of nitrogens with one attached hydrogen (secondary N) is 1. The molecule has 0 radical (unpaired) electrons. The second kappa shape index (κ2) is 8.27. The van der Waals surface area contributed by atoms with Gasteiger partial charge in [0.2, 0.25) is 0 Å². The van der Waals surface area contributed by atoms with E-state index in [4.69, 9.17) is 9.73 Å². The number of rotatable bonds is 3. The summed E-state index contributed by atoms with van der Waals surface area (Å²) < 4.78 is 5.30. The molecule has 0 aromatic heterocycles.